The Labute approximate surface area is 169 Å². The van der Waals surface area contributed by atoms with E-state index in [9.17, 15) is 14.4 Å². The summed E-state index contributed by atoms with van der Waals surface area (Å²) in [6.45, 7) is 2.09. The van der Waals surface area contributed by atoms with Gasteiger partial charge in [-0.3, -0.25) is 14.5 Å². The van der Waals surface area contributed by atoms with Crippen LogP contribution in [0.15, 0.2) is 24.3 Å². The Kier molecular flexibility index (Phi) is 4.55. The number of aryl methyl sites for hydroxylation is 1. The van der Waals surface area contributed by atoms with Crippen LogP contribution in [-0.2, 0) is 31.0 Å². The fourth-order valence-electron chi connectivity index (χ4n) is 5.08. The van der Waals surface area contributed by atoms with E-state index in [-0.39, 0.29) is 30.6 Å². The van der Waals surface area contributed by atoms with Gasteiger partial charge in [0.1, 0.15) is 12.1 Å². The monoisotopic (exact) mass is 399 g/mol. The van der Waals surface area contributed by atoms with Crippen molar-refractivity contribution in [2.45, 2.75) is 37.5 Å². The first kappa shape index (κ1) is 18.6. The first-order valence-electron chi connectivity index (χ1n) is 10.3. The van der Waals surface area contributed by atoms with E-state index < -0.39 is 11.6 Å². The highest BCUT2D eigenvalue weighted by Crippen LogP contribution is 2.41. The second kappa shape index (κ2) is 7.11. The van der Waals surface area contributed by atoms with Crippen LogP contribution in [0.1, 0.15) is 30.4 Å². The van der Waals surface area contributed by atoms with Crippen molar-refractivity contribution in [2.24, 2.45) is 5.92 Å². The van der Waals surface area contributed by atoms with E-state index in [0.29, 0.717) is 32.7 Å². The lowest BCUT2D eigenvalue weighted by atomic mass is 9.92. The highest BCUT2D eigenvalue weighted by molar-refractivity contribution is 6.09. The molecule has 154 valence electrons. The van der Waals surface area contributed by atoms with E-state index >= 15 is 0 Å². The minimum atomic E-state index is -1.02. The van der Waals surface area contributed by atoms with Gasteiger partial charge in [0.15, 0.2) is 6.29 Å². The zero-order chi connectivity index (χ0) is 20.0. The average Bonchev–Trinajstić information content (AvgIpc) is 3.45. The smallest absolute Gasteiger partial charge is 0.325 e. The molecule has 5 rings (SSSR count). The highest BCUT2D eigenvalue weighted by Gasteiger charge is 2.55. The number of urea groups is 1. The van der Waals surface area contributed by atoms with Crippen molar-refractivity contribution in [3.8, 4) is 0 Å². The summed E-state index contributed by atoms with van der Waals surface area (Å²) >= 11 is 0. The molecule has 2 unspecified atom stereocenters. The van der Waals surface area contributed by atoms with Gasteiger partial charge in [0.25, 0.3) is 5.91 Å². The summed E-state index contributed by atoms with van der Waals surface area (Å²) in [6.07, 6.45) is 2.80. The number of hydrogen-bond acceptors (Lipinski definition) is 5. The summed E-state index contributed by atoms with van der Waals surface area (Å²) in [6, 6.07) is 7.20. The fourth-order valence-corrected chi connectivity index (χ4v) is 5.08. The molecular formula is C21H25N3O5. The van der Waals surface area contributed by atoms with E-state index in [4.69, 9.17) is 9.47 Å². The second-order valence-corrected chi connectivity index (χ2v) is 8.24. The predicted octanol–water partition coefficient (Wildman–Crippen LogP) is 0.991. The second-order valence-electron chi connectivity index (χ2n) is 8.24. The molecule has 4 amide bonds. The summed E-state index contributed by atoms with van der Waals surface area (Å²) in [4.78, 5) is 41.6. The molecule has 0 radical (unpaired) electrons. The Bertz CT molecular complexity index is 852. The number of imide groups is 1. The topological polar surface area (TPSA) is 88.2 Å². The standard InChI is InChI=1S/C21H25N3O5/c25-17(23-9-3-5-15(12-23)18-28-10-11-29-18)13-24-19(26)21(22-20(24)27)8-7-14-4-1-2-6-16(14)21/h1-2,4,6,15,18H,3,5,7-13H2,(H,22,27). The summed E-state index contributed by atoms with van der Waals surface area (Å²) < 4.78 is 11.2. The Morgan fingerprint density at radius 1 is 1.21 bits per heavy atom. The van der Waals surface area contributed by atoms with Crippen LogP contribution in [0.5, 0.6) is 0 Å². The maximum atomic E-state index is 13.2. The molecule has 0 bridgehead atoms. The summed E-state index contributed by atoms with van der Waals surface area (Å²) in [5, 5.41) is 2.87. The number of hydrogen-bond donors (Lipinski definition) is 1. The first-order chi connectivity index (χ1) is 14.1. The number of nitrogens with one attached hydrogen (secondary N) is 1. The lowest BCUT2D eigenvalue weighted by Crippen LogP contribution is -2.49. The van der Waals surface area contributed by atoms with E-state index in [2.05, 4.69) is 5.32 Å². The van der Waals surface area contributed by atoms with E-state index in [1.54, 1.807) is 4.90 Å². The van der Waals surface area contributed by atoms with Gasteiger partial charge in [-0.1, -0.05) is 24.3 Å². The molecule has 3 saturated heterocycles. The zero-order valence-corrected chi connectivity index (χ0v) is 16.3. The summed E-state index contributed by atoms with van der Waals surface area (Å²) in [5.74, 6) is -0.400. The number of rotatable bonds is 3. The van der Waals surface area contributed by atoms with Gasteiger partial charge in [0.2, 0.25) is 5.91 Å². The third-order valence-electron chi connectivity index (χ3n) is 6.56. The molecule has 1 spiro atoms. The van der Waals surface area contributed by atoms with Crippen LogP contribution < -0.4 is 5.32 Å². The van der Waals surface area contributed by atoms with Gasteiger partial charge in [0, 0.05) is 19.0 Å². The van der Waals surface area contributed by atoms with Gasteiger partial charge in [-0.15, -0.1) is 0 Å². The minimum absolute atomic E-state index is 0.131. The Morgan fingerprint density at radius 3 is 2.83 bits per heavy atom. The average molecular weight is 399 g/mol. The molecule has 1 aromatic carbocycles. The molecule has 29 heavy (non-hydrogen) atoms. The minimum Gasteiger partial charge on any atom is -0.350 e. The van der Waals surface area contributed by atoms with Crippen molar-refractivity contribution < 1.29 is 23.9 Å². The molecular weight excluding hydrogens is 374 g/mol. The fraction of sp³-hybridized carbons (Fsp3) is 0.571. The van der Waals surface area contributed by atoms with Crippen LogP contribution in [-0.4, -0.2) is 66.8 Å². The van der Waals surface area contributed by atoms with Crippen molar-refractivity contribution in [1.82, 2.24) is 15.1 Å². The molecule has 1 aromatic rings. The third kappa shape index (κ3) is 3.02. The molecule has 4 aliphatic rings. The number of fused-ring (bicyclic) bond motifs is 2. The van der Waals surface area contributed by atoms with E-state index in [0.717, 1.165) is 35.3 Å². The predicted molar refractivity (Wildman–Crippen MR) is 102 cm³/mol. The van der Waals surface area contributed by atoms with Gasteiger partial charge in [-0.2, -0.15) is 0 Å². The van der Waals surface area contributed by atoms with Gasteiger partial charge in [0.05, 0.1) is 13.2 Å². The van der Waals surface area contributed by atoms with Crippen LogP contribution in [0.2, 0.25) is 0 Å². The van der Waals surface area contributed by atoms with Gasteiger partial charge < -0.3 is 19.7 Å². The summed E-state index contributed by atoms with van der Waals surface area (Å²) in [5.41, 5.74) is 0.899. The van der Waals surface area contributed by atoms with Crippen molar-refractivity contribution >= 4 is 17.8 Å². The van der Waals surface area contributed by atoms with E-state index in [1.165, 1.54) is 0 Å². The first-order valence-corrected chi connectivity index (χ1v) is 10.3. The van der Waals surface area contributed by atoms with Crippen molar-refractivity contribution in [3.63, 3.8) is 0 Å². The van der Waals surface area contributed by atoms with Crippen LogP contribution in [0.25, 0.3) is 0 Å². The van der Waals surface area contributed by atoms with Gasteiger partial charge in [-0.25, -0.2) is 4.79 Å². The highest BCUT2D eigenvalue weighted by atomic mass is 16.7. The van der Waals surface area contributed by atoms with Crippen LogP contribution in [0.3, 0.4) is 0 Å². The molecule has 1 N–H and O–H groups in total. The van der Waals surface area contributed by atoms with Crippen LogP contribution >= 0.6 is 0 Å². The number of carbonyl (C=O) groups is 3. The molecule has 1 aliphatic carbocycles. The van der Waals surface area contributed by atoms with Crippen LogP contribution in [0, 0.1) is 5.92 Å². The number of ether oxygens (including phenoxy) is 2. The molecule has 2 atom stereocenters. The third-order valence-corrected chi connectivity index (χ3v) is 6.56. The van der Waals surface area contributed by atoms with Crippen LogP contribution in [0.4, 0.5) is 4.79 Å². The Morgan fingerprint density at radius 2 is 2.00 bits per heavy atom. The molecule has 3 heterocycles. The van der Waals surface area contributed by atoms with E-state index in [1.807, 2.05) is 24.3 Å². The molecule has 8 nitrogen and oxygen atoms in total. The number of piperidine rings is 1. The largest absolute Gasteiger partial charge is 0.350 e. The number of likely N-dealkylation sites (tertiary alicyclic amines) is 1. The molecule has 3 fully saturated rings. The zero-order valence-electron chi connectivity index (χ0n) is 16.3. The molecule has 3 aliphatic heterocycles. The number of benzene rings is 1. The van der Waals surface area contributed by atoms with Gasteiger partial charge in [-0.05, 0) is 36.8 Å². The number of carbonyl (C=O) groups excluding carboxylic acids is 3. The Hall–Kier alpha value is -2.45. The lowest BCUT2D eigenvalue weighted by molar-refractivity contribution is -0.144. The molecule has 8 heteroatoms. The van der Waals surface area contributed by atoms with Crippen molar-refractivity contribution in [1.29, 1.82) is 0 Å². The lowest BCUT2D eigenvalue weighted by Gasteiger charge is -2.35. The number of nitrogens with zero attached hydrogens (tertiary/aromatic N) is 2. The Balaban J connectivity index is 1.29. The maximum Gasteiger partial charge on any atom is 0.325 e. The molecule has 0 saturated carbocycles. The summed E-state index contributed by atoms with van der Waals surface area (Å²) in [7, 11) is 0. The molecule has 0 aromatic heterocycles. The maximum absolute atomic E-state index is 13.2. The quantitative estimate of drug-likeness (QED) is 0.766. The van der Waals surface area contributed by atoms with Crippen molar-refractivity contribution in [3.05, 3.63) is 35.4 Å². The van der Waals surface area contributed by atoms with Crippen molar-refractivity contribution in [2.75, 3.05) is 32.8 Å². The number of amides is 4. The normalized spacial score (nSPS) is 29.6. The van der Waals surface area contributed by atoms with Gasteiger partial charge >= 0.3 is 6.03 Å². The SMILES string of the molecule is O=C(CN1C(=O)NC2(CCc3ccccc32)C1=O)N1CCCC(C2OCCO2)C1.